The standard InChI is InChI=1S/C44H51ClN2O4S2.C7H8O3S/c1-7-10-36-38(46(3,4)40-24-16-30-26-32(52(48)49)18-20-34(30)42(36)40)22-14-28-12-9-13-29(44(28)45)15-23-39-37(11-8-2)43-35-21-19-33(53(50)51)27-31(35)17-25-41(43)47(39,5)6;1-6-2-4-7(5-3-6)11(8,9)10/h7-8,14-25,36-38,40-43H,1-2,9-13,26-27H2,3-6H3;2-5H,1H3,(H,8,9,10)/q+2;. The van der Waals surface area contributed by atoms with E-state index < -0.39 is 30.7 Å². The molecule has 2 fully saturated rings. The number of aryl methyl sites for hydroxylation is 1. The fourth-order valence-corrected chi connectivity index (χ4v) is 13.0. The molecule has 338 valence electrons. The van der Waals surface area contributed by atoms with Crippen molar-refractivity contribution < 1.29 is 38.8 Å². The van der Waals surface area contributed by atoms with Gasteiger partial charge in [0.15, 0.2) is 0 Å². The fourth-order valence-electron chi connectivity index (χ4n) is 11.3. The number of nitrogens with zero attached hydrogens (tertiary/aromatic N) is 2. The van der Waals surface area contributed by atoms with Gasteiger partial charge in [-0.2, -0.15) is 25.3 Å². The first-order valence-electron chi connectivity index (χ1n) is 21.8. The van der Waals surface area contributed by atoms with Crippen LogP contribution in [0.2, 0.25) is 0 Å². The molecule has 0 saturated carbocycles. The number of benzene rings is 1. The molecule has 7 unspecified atom stereocenters. The third-order valence-corrected chi connectivity index (χ3v) is 17.3. The van der Waals surface area contributed by atoms with E-state index in [1.807, 2.05) is 31.2 Å². The summed E-state index contributed by atoms with van der Waals surface area (Å²) < 4.78 is 78.1. The lowest BCUT2D eigenvalue weighted by atomic mass is 9.73. The topological polar surface area (TPSA) is 123 Å². The lowest BCUT2D eigenvalue weighted by Gasteiger charge is -2.38. The molecule has 0 bridgehead atoms. The zero-order chi connectivity index (χ0) is 46.3. The van der Waals surface area contributed by atoms with Crippen molar-refractivity contribution in [3.63, 3.8) is 0 Å². The van der Waals surface area contributed by atoms with Gasteiger partial charge in [0.1, 0.15) is 23.8 Å². The monoisotopic (exact) mass is 942 g/mol. The van der Waals surface area contributed by atoms with Gasteiger partial charge < -0.3 is 4.48 Å². The SMILES string of the molecule is C=CCC1C(=CC=C2CCCC(C=CC3C(CC=C)C4C5=C(C=CC4[N+]3(C)C)CC(=S(=O)=O)C=C5)=C2Cl)[N+](C)(C)C2C=CC3=C(C=CC(=S(=O)=O)C3)C12.Cc1ccc(S(=O)(=O)O)cc1. The summed E-state index contributed by atoms with van der Waals surface area (Å²) >= 11 is 7.29. The second kappa shape index (κ2) is 18.8. The van der Waals surface area contributed by atoms with Crippen molar-refractivity contribution in [1.29, 1.82) is 0 Å². The van der Waals surface area contributed by atoms with Crippen LogP contribution in [0.4, 0.5) is 0 Å². The number of hydrogen-bond acceptors (Lipinski definition) is 6. The first-order chi connectivity index (χ1) is 30.3. The Morgan fingerprint density at radius 2 is 1.36 bits per heavy atom. The van der Waals surface area contributed by atoms with E-state index in [0.29, 0.717) is 28.5 Å². The van der Waals surface area contributed by atoms with Crippen LogP contribution in [-0.4, -0.2) is 94.8 Å². The highest BCUT2D eigenvalue weighted by molar-refractivity contribution is 7.85. The summed E-state index contributed by atoms with van der Waals surface area (Å²) in [6.45, 7) is 10.1. The van der Waals surface area contributed by atoms with E-state index in [4.69, 9.17) is 16.2 Å². The Morgan fingerprint density at radius 3 is 1.92 bits per heavy atom. The van der Waals surface area contributed by atoms with Crippen LogP contribution in [0, 0.1) is 30.6 Å². The molecule has 2 aliphatic heterocycles. The van der Waals surface area contributed by atoms with Crippen LogP contribution in [0.15, 0.2) is 172 Å². The van der Waals surface area contributed by atoms with Gasteiger partial charge in [0.2, 0.25) is 20.6 Å². The Bertz CT molecular complexity index is 2860. The van der Waals surface area contributed by atoms with Gasteiger partial charge in [0.05, 0.1) is 48.7 Å². The molecule has 0 radical (unpaired) electrons. The number of halogens is 1. The van der Waals surface area contributed by atoms with Crippen molar-refractivity contribution in [2.45, 2.75) is 74.9 Å². The number of likely N-dealkylation sites (tertiary alicyclic amines) is 2. The Balaban J connectivity index is 0.000000487. The second-order valence-electron chi connectivity index (χ2n) is 18.7. The Hall–Kier alpha value is -4.40. The maximum atomic E-state index is 11.8. The molecular weight excluding hydrogens is 884 g/mol. The molecule has 2 saturated heterocycles. The minimum absolute atomic E-state index is 0.0666. The second-order valence-corrected chi connectivity index (χ2v) is 22.5. The molecule has 0 spiro atoms. The van der Waals surface area contributed by atoms with E-state index in [2.05, 4.69) is 90.0 Å². The van der Waals surface area contributed by atoms with E-state index >= 15 is 0 Å². The molecule has 5 aliphatic carbocycles. The van der Waals surface area contributed by atoms with Crippen molar-refractivity contribution in [2.75, 3.05) is 28.2 Å². The zero-order valence-electron chi connectivity index (χ0n) is 37.2. The van der Waals surface area contributed by atoms with Gasteiger partial charge in [-0.25, -0.2) is 0 Å². The van der Waals surface area contributed by atoms with Crippen LogP contribution < -0.4 is 0 Å². The minimum atomic E-state index is -4.02. The van der Waals surface area contributed by atoms with Gasteiger partial charge in [-0.15, -0.1) is 13.2 Å². The summed E-state index contributed by atoms with van der Waals surface area (Å²) in [4.78, 5) is 0.812. The maximum absolute atomic E-state index is 11.8. The Kier molecular flexibility index (Phi) is 14.0. The number of likely N-dealkylation sites (N-methyl/N-ethyl adjacent to an activating group) is 2. The molecule has 1 N–H and O–H groups in total. The average Bonchev–Trinajstić information content (AvgIpc) is 3.60. The molecular formula is C51H59ClN2O7S3+2. The van der Waals surface area contributed by atoms with E-state index in [9.17, 15) is 25.3 Å². The van der Waals surface area contributed by atoms with Crippen LogP contribution in [0.5, 0.6) is 0 Å². The fraction of sp³-hybridized carbons (Fsp3) is 0.373. The van der Waals surface area contributed by atoms with Gasteiger partial charge >= 0.3 is 0 Å². The number of quaternary nitrogens is 2. The lowest BCUT2D eigenvalue weighted by Crippen LogP contribution is -2.50. The van der Waals surface area contributed by atoms with Crippen LogP contribution in [0.3, 0.4) is 0 Å². The van der Waals surface area contributed by atoms with E-state index in [0.717, 1.165) is 68.4 Å². The van der Waals surface area contributed by atoms with Crippen molar-refractivity contribution in [2.24, 2.45) is 23.7 Å². The van der Waals surface area contributed by atoms with Crippen LogP contribution in [0.25, 0.3) is 0 Å². The Labute approximate surface area is 387 Å². The molecule has 7 aliphatic rings. The predicted octanol–water partition coefficient (Wildman–Crippen LogP) is 8.93. The smallest absolute Gasteiger partial charge is 0.294 e. The summed E-state index contributed by atoms with van der Waals surface area (Å²) in [5.41, 5.74) is 9.34. The van der Waals surface area contributed by atoms with Gasteiger partial charge in [-0.05, 0) is 121 Å². The normalized spacial score (nSPS) is 30.0. The highest BCUT2D eigenvalue weighted by atomic mass is 35.5. The Morgan fingerprint density at radius 1 is 0.781 bits per heavy atom. The van der Waals surface area contributed by atoms with Crippen molar-refractivity contribution >= 4 is 52.0 Å². The maximum Gasteiger partial charge on any atom is 0.294 e. The van der Waals surface area contributed by atoms with Crippen LogP contribution in [0.1, 0.15) is 50.5 Å². The summed E-state index contributed by atoms with van der Waals surface area (Å²) in [5, 5.41) is 0.842. The largest absolute Gasteiger partial charge is 0.316 e. The minimum Gasteiger partial charge on any atom is -0.316 e. The number of hydrogen-bond donors (Lipinski definition) is 1. The average molecular weight is 944 g/mol. The van der Waals surface area contributed by atoms with Crippen molar-refractivity contribution in [3.8, 4) is 0 Å². The van der Waals surface area contributed by atoms with Gasteiger partial charge in [-0.1, -0.05) is 77.9 Å². The predicted molar refractivity (Wildman–Crippen MR) is 260 cm³/mol. The third kappa shape index (κ3) is 9.20. The highest BCUT2D eigenvalue weighted by Gasteiger charge is 2.57. The summed E-state index contributed by atoms with van der Waals surface area (Å²) in [5.74, 6) is 1.06. The summed E-state index contributed by atoms with van der Waals surface area (Å²) in [6.07, 6.45) is 35.3. The zero-order valence-corrected chi connectivity index (χ0v) is 40.4. The quantitative estimate of drug-likeness (QED) is 0.120. The van der Waals surface area contributed by atoms with Gasteiger partial charge in [0, 0.05) is 35.6 Å². The lowest BCUT2D eigenvalue weighted by molar-refractivity contribution is -0.915. The molecule has 1 aromatic rings. The van der Waals surface area contributed by atoms with E-state index in [1.165, 1.54) is 34.5 Å². The first kappa shape index (κ1) is 47.6. The molecule has 0 amide bonds. The molecule has 2 heterocycles. The van der Waals surface area contributed by atoms with Crippen molar-refractivity contribution in [3.05, 3.63) is 172 Å². The highest BCUT2D eigenvalue weighted by Crippen LogP contribution is 2.53. The molecule has 7 atom stereocenters. The van der Waals surface area contributed by atoms with E-state index in [1.54, 1.807) is 24.3 Å². The third-order valence-electron chi connectivity index (χ3n) is 14.5. The molecule has 64 heavy (non-hydrogen) atoms. The van der Waals surface area contributed by atoms with Gasteiger partial charge in [0.25, 0.3) is 10.1 Å². The summed E-state index contributed by atoms with van der Waals surface area (Å²) in [7, 11) is 0.744. The van der Waals surface area contributed by atoms with E-state index in [-0.39, 0.29) is 40.8 Å². The number of fused-ring (bicyclic) bond motifs is 4. The van der Waals surface area contributed by atoms with Crippen LogP contribution in [-0.2, 0) is 30.7 Å². The number of allylic oxidation sites excluding steroid dienone is 17. The number of rotatable bonds is 8. The van der Waals surface area contributed by atoms with Crippen LogP contribution >= 0.6 is 11.6 Å². The molecule has 1 aromatic carbocycles. The van der Waals surface area contributed by atoms with Crippen molar-refractivity contribution in [1.82, 2.24) is 0 Å². The molecule has 9 nitrogen and oxygen atoms in total. The summed E-state index contributed by atoms with van der Waals surface area (Å²) in [6, 6.07) is 6.73. The molecule has 0 aromatic heterocycles. The molecule has 13 heteroatoms. The molecule has 8 rings (SSSR count). The first-order valence-corrected chi connectivity index (χ1v) is 25.8. The van der Waals surface area contributed by atoms with Gasteiger partial charge in [-0.3, -0.25) is 9.04 Å².